The summed E-state index contributed by atoms with van der Waals surface area (Å²) in [4.78, 5) is 12.4. The van der Waals surface area contributed by atoms with Crippen molar-refractivity contribution in [3.05, 3.63) is 62.1 Å². The minimum absolute atomic E-state index is 0.0620. The van der Waals surface area contributed by atoms with E-state index in [2.05, 4.69) is 32.9 Å². The first-order valence-electron chi connectivity index (χ1n) is 5.50. The molecule has 0 fully saturated rings. The quantitative estimate of drug-likeness (QED) is 0.517. The van der Waals surface area contributed by atoms with Gasteiger partial charge in [0.15, 0.2) is 0 Å². The van der Waals surface area contributed by atoms with Gasteiger partial charge in [-0.25, -0.2) is 4.68 Å². The Morgan fingerprint density at radius 2 is 2.05 bits per heavy atom. The fourth-order valence-corrected chi connectivity index (χ4v) is 3.05. The second-order valence-electron chi connectivity index (χ2n) is 3.84. The molecule has 0 N–H and O–H groups in total. The largest absolute Gasteiger partial charge is 0.287 e. The molecule has 0 spiro atoms. The molecule has 0 aliphatic carbocycles. The molecule has 0 amide bonds. The van der Waals surface area contributed by atoms with Crippen molar-refractivity contribution in [2.24, 2.45) is 0 Å². The number of thiophene rings is 1. The molecule has 0 atom stereocenters. The maximum absolute atomic E-state index is 12.4. The lowest BCUT2D eigenvalue weighted by Gasteiger charge is -2.03. The van der Waals surface area contributed by atoms with E-state index in [1.807, 2.05) is 41.8 Å². The van der Waals surface area contributed by atoms with Gasteiger partial charge in [-0.05, 0) is 40.8 Å². The minimum Gasteiger partial charge on any atom is -0.287 e. The van der Waals surface area contributed by atoms with Gasteiger partial charge in [0.25, 0.3) is 0 Å². The Balaban J connectivity index is 2.03. The lowest BCUT2D eigenvalue weighted by molar-refractivity contribution is 0.103. The van der Waals surface area contributed by atoms with Gasteiger partial charge in [-0.3, -0.25) is 4.79 Å². The first-order chi connectivity index (χ1) is 9.25. The summed E-state index contributed by atoms with van der Waals surface area (Å²) in [5, 5.41) is 9.69. The number of para-hydroxylation sites is 1. The van der Waals surface area contributed by atoms with Gasteiger partial charge in [-0.15, -0.1) is 16.4 Å². The summed E-state index contributed by atoms with van der Waals surface area (Å²) < 4.78 is 2.65. The van der Waals surface area contributed by atoms with Crippen LogP contribution in [0.5, 0.6) is 0 Å². The number of rotatable bonds is 3. The van der Waals surface area contributed by atoms with E-state index in [9.17, 15) is 4.79 Å². The zero-order valence-corrected chi connectivity index (χ0v) is 12.6. The van der Waals surface area contributed by atoms with Crippen molar-refractivity contribution in [2.45, 2.75) is 0 Å². The number of hydrogen-bond donors (Lipinski definition) is 0. The highest BCUT2D eigenvalue weighted by molar-refractivity contribution is 14.1. The van der Waals surface area contributed by atoms with Crippen molar-refractivity contribution in [2.75, 3.05) is 0 Å². The van der Waals surface area contributed by atoms with E-state index in [1.54, 1.807) is 16.0 Å². The maximum atomic E-state index is 12.4. The predicted molar refractivity (Wildman–Crippen MR) is 81.8 cm³/mol. The van der Waals surface area contributed by atoms with Crippen LogP contribution in [0, 0.1) is 2.88 Å². The smallest absolute Gasteiger partial charge is 0.214 e. The average Bonchev–Trinajstić information content (AvgIpc) is 3.07. The summed E-state index contributed by atoms with van der Waals surface area (Å²) >= 11 is 3.75. The number of ketones is 1. The van der Waals surface area contributed by atoms with E-state index in [-0.39, 0.29) is 5.78 Å². The van der Waals surface area contributed by atoms with Crippen LogP contribution in [0.2, 0.25) is 0 Å². The predicted octanol–water partition coefficient (Wildman–Crippen LogP) is 3.16. The van der Waals surface area contributed by atoms with E-state index in [1.165, 1.54) is 6.20 Å². The van der Waals surface area contributed by atoms with Crippen LogP contribution in [0.15, 0.2) is 48.0 Å². The van der Waals surface area contributed by atoms with Crippen molar-refractivity contribution in [1.82, 2.24) is 15.0 Å². The van der Waals surface area contributed by atoms with Crippen molar-refractivity contribution in [3.63, 3.8) is 0 Å². The van der Waals surface area contributed by atoms with Crippen molar-refractivity contribution in [1.29, 1.82) is 0 Å². The third-order valence-electron chi connectivity index (χ3n) is 2.61. The highest BCUT2D eigenvalue weighted by atomic mass is 127. The average molecular weight is 381 g/mol. The standard InChI is InChI=1S/C13H8IN3OS/c14-12-6-9(8-19-12)13(18)11-7-15-16-17(11)10-4-2-1-3-5-10/h1-8H. The van der Waals surface area contributed by atoms with Gasteiger partial charge < -0.3 is 0 Å². The van der Waals surface area contributed by atoms with E-state index in [0.717, 1.165) is 8.57 Å². The van der Waals surface area contributed by atoms with Gasteiger partial charge in [-0.1, -0.05) is 23.4 Å². The molecule has 0 aliphatic rings. The van der Waals surface area contributed by atoms with Crippen LogP contribution in [0.25, 0.3) is 5.69 Å². The first kappa shape index (κ1) is 12.5. The van der Waals surface area contributed by atoms with Crippen molar-refractivity contribution < 1.29 is 4.79 Å². The summed E-state index contributed by atoms with van der Waals surface area (Å²) in [6.07, 6.45) is 1.50. The van der Waals surface area contributed by atoms with Crippen LogP contribution in [-0.2, 0) is 0 Å². The summed E-state index contributed by atoms with van der Waals surface area (Å²) in [6.45, 7) is 0. The lowest BCUT2D eigenvalue weighted by atomic mass is 10.2. The summed E-state index contributed by atoms with van der Waals surface area (Å²) in [7, 11) is 0. The van der Waals surface area contributed by atoms with E-state index in [0.29, 0.717) is 11.3 Å². The Kier molecular flexibility index (Phi) is 3.43. The van der Waals surface area contributed by atoms with Crippen molar-refractivity contribution >= 4 is 39.7 Å². The van der Waals surface area contributed by atoms with Gasteiger partial charge in [0, 0.05) is 10.9 Å². The number of benzene rings is 1. The number of hydrogen-bond acceptors (Lipinski definition) is 4. The Morgan fingerprint density at radius 1 is 1.26 bits per heavy atom. The number of nitrogens with zero attached hydrogens (tertiary/aromatic N) is 3. The monoisotopic (exact) mass is 381 g/mol. The number of carbonyl (C=O) groups is 1. The number of halogens is 1. The minimum atomic E-state index is -0.0620. The molecule has 0 saturated heterocycles. The molecule has 94 valence electrons. The van der Waals surface area contributed by atoms with E-state index < -0.39 is 0 Å². The van der Waals surface area contributed by atoms with Gasteiger partial charge in [0.05, 0.1) is 14.8 Å². The summed E-state index contributed by atoms with van der Waals surface area (Å²) in [5.41, 5.74) is 1.97. The van der Waals surface area contributed by atoms with Crippen LogP contribution in [0.3, 0.4) is 0 Å². The molecule has 1 aromatic carbocycles. The SMILES string of the molecule is O=C(c1csc(I)c1)c1cnnn1-c1ccccc1. The number of aromatic nitrogens is 3. The molecule has 2 aromatic heterocycles. The molecule has 0 unspecified atom stereocenters. The Morgan fingerprint density at radius 3 is 2.74 bits per heavy atom. The van der Waals surface area contributed by atoms with Crippen LogP contribution in [0.4, 0.5) is 0 Å². The molecule has 2 heterocycles. The zero-order valence-electron chi connectivity index (χ0n) is 9.65. The van der Waals surface area contributed by atoms with Crippen LogP contribution < -0.4 is 0 Å². The highest BCUT2D eigenvalue weighted by Gasteiger charge is 2.17. The third kappa shape index (κ3) is 2.45. The molecule has 3 rings (SSSR count). The molecule has 3 aromatic rings. The Labute approximate surface area is 127 Å². The van der Waals surface area contributed by atoms with Gasteiger partial charge in [0.1, 0.15) is 5.69 Å². The second-order valence-corrected chi connectivity index (χ2v) is 6.64. The Hall–Kier alpha value is -1.54. The van der Waals surface area contributed by atoms with Crippen LogP contribution in [0.1, 0.15) is 16.1 Å². The van der Waals surface area contributed by atoms with Gasteiger partial charge in [-0.2, -0.15) is 0 Å². The molecule has 19 heavy (non-hydrogen) atoms. The molecule has 4 nitrogen and oxygen atoms in total. The summed E-state index contributed by atoms with van der Waals surface area (Å²) in [6, 6.07) is 11.4. The molecule has 6 heteroatoms. The fourth-order valence-electron chi connectivity index (χ4n) is 1.73. The highest BCUT2D eigenvalue weighted by Crippen LogP contribution is 2.20. The fraction of sp³-hybridized carbons (Fsp3) is 0. The third-order valence-corrected chi connectivity index (χ3v) is 4.40. The van der Waals surface area contributed by atoms with Gasteiger partial charge in [0.2, 0.25) is 5.78 Å². The van der Waals surface area contributed by atoms with Crippen LogP contribution >= 0.6 is 33.9 Å². The van der Waals surface area contributed by atoms with Crippen molar-refractivity contribution in [3.8, 4) is 5.69 Å². The topological polar surface area (TPSA) is 47.8 Å². The first-order valence-corrected chi connectivity index (χ1v) is 7.46. The zero-order chi connectivity index (χ0) is 13.2. The normalized spacial score (nSPS) is 10.6. The molecule has 0 bridgehead atoms. The molecule has 0 saturated carbocycles. The van der Waals surface area contributed by atoms with E-state index >= 15 is 0 Å². The lowest BCUT2D eigenvalue weighted by Crippen LogP contribution is -2.09. The van der Waals surface area contributed by atoms with Crippen LogP contribution in [-0.4, -0.2) is 20.8 Å². The maximum Gasteiger partial charge on any atom is 0.214 e. The molecular weight excluding hydrogens is 373 g/mol. The molecule has 0 radical (unpaired) electrons. The van der Waals surface area contributed by atoms with Gasteiger partial charge >= 0.3 is 0 Å². The molecular formula is C13H8IN3OS. The number of carbonyl (C=O) groups excluding carboxylic acids is 1. The second kappa shape index (κ2) is 5.22. The summed E-state index contributed by atoms with van der Waals surface area (Å²) in [5.74, 6) is -0.0620. The Bertz CT molecular complexity index is 720. The molecule has 0 aliphatic heterocycles. The van der Waals surface area contributed by atoms with E-state index in [4.69, 9.17) is 0 Å².